The molecule has 0 spiro atoms. The second-order valence-electron chi connectivity index (χ2n) is 6.77. The number of rotatable bonds is 19. The summed E-state index contributed by atoms with van der Waals surface area (Å²) in [6.45, 7) is 10.6. The summed E-state index contributed by atoms with van der Waals surface area (Å²) in [5, 5.41) is 0. The van der Waals surface area contributed by atoms with Crippen LogP contribution in [0.1, 0.15) is 98.3 Å². The van der Waals surface area contributed by atoms with E-state index < -0.39 is 5.97 Å². The molecule has 0 aliphatic rings. The van der Waals surface area contributed by atoms with Crippen LogP contribution in [0.4, 0.5) is 0 Å². The number of unbranched alkanes of at least 4 members (excludes halogenated alkanes) is 6. The van der Waals surface area contributed by atoms with Gasteiger partial charge in [-0.3, -0.25) is 0 Å². The normalized spacial score (nSPS) is 15.2. The van der Waals surface area contributed by atoms with E-state index in [1.165, 1.54) is 32.1 Å². The predicted octanol–water partition coefficient (Wildman–Crippen LogP) is 6.08. The Bertz CT molecular complexity index is 273. The van der Waals surface area contributed by atoms with Crippen LogP contribution in [-0.4, -0.2) is 39.0 Å². The fraction of sp³-hybridized carbons (Fsp3) is 1.00. The summed E-state index contributed by atoms with van der Waals surface area (Å²) in [7, 11) is 1.67. The van der Waals surface area contributed by atoms with E-state index in [2.05, 4.69) is 27.7 Å². The summed E-state index contributed by atoms with van der Waals surface area (Å²) in [4.78, 5) is 0. The Labute approximate surface area is 156 Å². The molecule has 0 bridgehead atoms. The van der Waals surface area contributed by atoms with Gasteiger partial charge in [-0.25, -0.2) is 0 Å². The second-order valence-corrected chi connectivity index (χ2v) is 6.77. The molecule has 2 atom stereocenters. The number of hydrogen-bond donors (Lipinski definition) is 0. The Morgan fingerprint density at radius 2 is 1.24 bits per heavy atom. The van der Waals surface area contributed by atoms with Crippen LogP contribution < -0.4 is 0 Å². The summed E-state index contributed by atoms with van der Waals surface area (Å²) in [5.74, 6) is -1.07. The molecule has 0 aromatic heterocycles. The van der Waals surface area contributed by atoms with Crippen LogP contribution in [0, 0.1) is 0 Å². The third kappa shape index (κ3) is 11.2. The lowest BCUT2D eigenvalue weighted by Gasteiger charge is -2.38. The van der Waals surface area contributed by atoms with Crippen molar-refractivity contribution in [1.82, 2.24) is 0 Å². The molecule has 0 rings (SSSR count). The van der Waals surface area contributed by atoms with E-state index in [1.54, 1.807) is 7.11 Å². The lowest BCUT2D eigenvalue weighted by molar-refractivity contribution is -0.411. The molecule has 0 fully saturated rings. The summed E-state index contributed by atoms with van der Waals surface area (Å²) < 4.78 is 24.1. The summed E-state index contributed by atoms with van der Waals surface area (Å²) in [6, 6.07) is 0. The lowest BCUT2D eigenvalue weighted by Crippen LogP contribution is -2.51. The molecule has 152 valence electrons. The Morgan fingerprint density at radius 1 is 0.640 bits per heavy atom. The molecule has 0 N–H and O–H groups in total. The van der Waals surface area contributed by atoms with E-state index >= 15 is 0 Å². The van der Waals surface area contributed by atoms with Crippen LogP contribution in [-0.2, 0) is 18.9 Å². The average Bonchev–Trinajstić information content (AvgIpc) is 2.64. The molecule has 25 heavy (non-hydrogen) atoms. The van der Waals surface area contributed by atoms with E-state index in [4.69, 9.17) is 18.9 Å². The van der Waals surface area contributed by atoms with Crippen LogP contribution >= 0.6 is 0 Å². The maximum absolute atomic E-state index is 6.13. The Balaban J connectivity index is 4.77. The molecular formula is C21H44O4. The molecular weight excluding hydrogens is 316 g/mol. The van der Waals surface area contributed by atoms with Gasteiger partial charge in [0.15, 0.2) is 0 Å². The highest BCUT2D eigenvalue weighted by Crippen LogP contribution is 2.28. The van der Waals surface area contributed by atoms with Crippen molar-refractivity contribution >= 4 is 0 Å². The Kier molecular flexibility index (Phi) is 17.2. The van der Waals surface area contributed by atoms with E-state index in [0.29, 0.717) is 19.8 Å². The smallest absolute Gasteiger partial charge is 0.310 e. The second kappa shape index (κ2) is 17.3. The van der Waals surface area contributed by atoms with Crippen molar-refractivity contribution in [3.8, 4) is 0 Å². The fourth-order valence-corrected chi connectivity index (χ4v) is 2.81. The van der Waals surface area contributed by atoms with Crippen LogP contribution in [0.25, 0.3) is 0 Å². The zero-order valence-electron chi connectivity index (χ0n) is 17.6. The van der Waals surface area contributed by atoms with Gasteiger partial charge < -0.3 is 18.9 Å². The number of hydrogen-bond acceptors (Lipinski definition) is 4. The molecule has 0 aromatic rings. The lowest BCUT2D eigenvalue weighted by atomic mass is 10.1. The first kappa shape index (κ1) is 24.8. The van der Waals surface area contributed by atoms with Gasteiger partial charge in [0.2, 0.25) is 0 Å². The summed E-state index contributed by atoms with van der Waals surface area (Å²) >= 11 is 0. The molecule has 0 saturated carbocycles. The van der Waals surface area contributed by atoms with Crippen molar-refractivity contribution in [3.63, 3.8) is 0 Å². The third-order valence-corrected chi connectivity index (χ3v) is 4.33. The zero-order chi connectivity index (χ0) is 18.8. The van der Waals surface area contributed by atoms with Crippen molar-refractivity contribution < 1.29 is 18.9 Å². The van der Waals surface area contributed by atoms with E-state index in [-0.39, 0.29) is 6.10 Å². The van der Waals surface area contributed by atoms with Gasteiger partial charge in [0, 0.05) is 13.7 Å². The minimum absolute atomic E-state index is 0.174. The van der Waals surface area contributed by atoms with Gasteiger partial charge in [-0.15, -0.1) is 0 Å². The zero-order valence-corrected chi connectivity index (χ0v) is 17.6. The van der Waals surface area contributed by atoms with Crippen LogP contribution in [0.3, 0.4) is 0 Å². The fourth-order valence-electron chi connectivity index (χ4n) is 2.81. The minimum atomic E-state index is -1.07. The first-order valence-electron chi connectivity index (χ1n) is 10.6. The minimum Gasteiger partial charge on any atom is -0.370 e. The monoisotopic (exact) mass is 360 g/mol. The maximum atomic E-state index is 6.13. The number of ether oxygens (including phenoxy) is 4. The number of methoxy groups -OCH3 is 1. The van der Waals surface area contributed by atoms with E-state index in [9.17, 15) is 0 Å². The molecule has 0 aliphatic heterocycles. The van der Waals surface area contributed by atoms with Gasteiger partial charge in [-0.2, -0.15) is 0 Å². The Hall–Kier alpha value is -0.160. The van der Waals surface area contributed by atoms with Gasteiger partial charge >= 0.3 is 5.97 Å². The topological polar surface area (TPSA) is 36.9 Å². The van der Waals surface area contributed by atoms with Gasteiger partial charge in [0.05, 0.1) is 13.2 Å². The third-order valence-electron chi connectivity index (χ3n) is 4.33. The highest BCUT2D eigenvalue weighted by molar-refractivity contribution is 4.73. The van der Waals surface area contributed by atoms with Crippen molar-refractivity contribution in [2.75, 3.05) is 26.9 Å². The first-order valence-corrected chi connectivity index (χ1v) is 10.6. The molecule has 0 aromatic carbocycles. The molecule has 2 unspecified atom stereocenters. The molecule has 0 amide bonds. The first-order chi connectivity index (χ1) is 12.2. The van der Waals surface area contributed by atoms with Crippen molar-refractivity contribution in [2.45, 2.75) is 110 Å². The van der Waals surface area contributed by atoms with E-state index in [1.807, 2.05) is 0 Å². The van der Waals surface area contributed by atoms with Gasteiger partial charge in [0.25, 0.3) is 0 Å². The molecule has 0 heterocycles. The van der Waals surface area contributed by atoms with Crippen LogP contribution in [0.5, 0.6) is 0 Å². The van der Waals surface area contributed by atoms with E-state index in [0.717, 1.165) is 38.5 Å². The standard InChI is InChI=1S/C21H44O4/c1-6-10-12-13-14-15-16-20(23-17-8-3)21(22-5,24-18-9-4)25-19-11-7-2/h20H,6-19H2,1-5H3. The van der Waals surface area contributed by atoms with Gasteiger partial charge in [-0.1, -0.05) is 72.6 Å². The largest absolute Gasteiger partial charge is 0.370 e. The highest BCUT2D eigenvalue weighted by atomic mass is 16.9. The van der Waals surface area contributed by atoms with Crippen LogP contribution in [0.2, 0.25) is 0 Å². The predicted molar refractivity (Wildman–Crippen MR) is 105 cm³/mol. The van der Waals surface area contributed by atoms with Gasteiger partial charge in [-0.05, 0) is 25.7 Å². The quantitative estimate of drug-likeness (QED) is 0.207. The SMILES string of the molecule is CCCCCCCCC(OCCC)C(OC)(OCCC)OCCCC. The molecule has 4 nitrogen and oxygen atoms in total. The summed E-state index contributed by atoms with van der Waals surface area (Å²) in [5.41, 5.74) is 0. The molecule has 0 aliphatic carbocycles. The average molecular weight is 361 g/mol. The molecule has 0 saturated heterocycles. The molecule has 0 radical (unpaired) electrons. The van der Waals surface area contributed by atoms with Crippen molar-refractivity contribution in [2.24, 2.45) is 0 Å². The highest BCUT2D eigenvalue weighted by Gasteiger charge is 2.42. The van der Waals surface area contributed by atoms with Crippen LogP contribution in [0.15, 0.2) is 0 Å². The molecule has 4 heteroatoms. The van der Waals surface area contributed by atoms with Gasteiger partial charge in [0.1, 0.15) is 6.10 Å². The van der Waals surface area contributed by atoms with Crippen molar-refractivity contribution in [1.29, 1.82) is 0 Å². The summed E-state index contributed by atoms with van der Waals surface area (Å²) in [6.07, 6.45) is 12.3. The maximum Gasteiger partial charge on any atom is 0.310 e. The Morgan fingerprint density at radius 3 is 1.84 bits per heavy atom. The van der Waals surface area contributed by atoms with Crippen molar-refractivity contribution in [3.05, 3.63) is 0 Å².